The Hall–Kier alpha value is -1.78. The summed E-state index contributed by atoms with van der Waals surface area (Å²) in [5.41, 5.74) is 0. The van der Waals surface area contributed by atoms with Gasteiger partial charge in [0.1, 0.15) is 12.6 Å². The monoisotopic (exact) mass is 318 g/mol. The summed E-state index contributed by atoms with van der Waals surface area (Å²) in [5.74, 6) is -2.62. The van der Waals surface area contributed by atoms with Crippen molar-refractivity contribution >= 4 is 11.9 Å². The third kappa shape index (κ3) is 4.12. The molecule has 0 aromatic carbocycles. The SMILES string of the molecule is N#CC1CCCCC1OC(=O)C1CC(=O)N(CC(F)(F)F)C1. The standard InChI is InChI=1S/C14H17F3N2O3/c15-14(16,17)8-19-7-10(5-12(19)20)13(21)22-11-4-2-1-3-9(11)6-18/h9-11H,1-5,7-8H2. The highest BCUT2D eigenvalue weighted by Crippen LogP contribution is 2.29. The van der Waals surface area contributed by atoms with Gasteiger partial charge in [-0.15, -0.1) is 0 Å². The van der Waals surface area contributed by atoms with Crippen LogP contribution in [0.2, 0.25) is 0 Å². The molecule has 1 aliphatic carbocycles. The number of halogens is 3. The van der Waals surface area contributed by atoms with Crippen LogP contribution in [-0.2, 0) is 14.3 Å². The number of hydrogen-bond acceptors (Lipinski definition) is 4. The average molecular weight is 318 g/mol. The van der Waals surface area contributed by atoms with Crippen molar-refractivity contribution in [1.29, 1.82) is 5.26 Å². The fourth-order valence-electron chi connectivity index (χ4n) is 2.93. The summed E-state index contributed by atoms with van der Waals surface area (Å²) in [7, 11) is 0. The van der Waals surface area contributed by atoms with Crippen LogP contribution in [0.5, 0.6) is 0 Å². The van der Waals surface area contributed by atoms with E-state index in [1.54, 1.807) is 0 Å². The van der Waals surface area contributed by atoms with Gasteiger partial charge < -0.3 is 9.64 Å². The van der Waals surface area contributed by atoms with Crippen LogP contribution in [0.15, 0.2) is 0 Å². The highest BCUT2D eigenvalue weighted by molar-refractivity contribution is 5.86. The highest BCUT2D eigenvalue weighted by atomic mass is 19.4. The molecule has 122 valence electrons. The number of nitrogens with zero attached hydrogens (tertiary/aromatic N) is 2. The van der Waals surface area contributed by atoms with Crippen molar-refractivity contribution in [2.45, 2.75) is 44.4 Å². The molecule has 1 saturated carbocycles. The van der Waals surface area contributed by atoms with Gasteiger partial charge in [0.15, 0.2) is 0 Å². The number of likely N-dealkylation sites (tertiary alicyclic amines) is 1. The van der Waals surface area contributed by atoms with Crippen LogP contribution in [-0.4, -0.2) is 42.1 Å². The molecule has 0 aromatic heterocycles. The summed E-state index contributed by atoms with van der Waals surface area (Å²) in [4.78, 5) is 24.2. The van der Waals surface area contributed by atoms with Crippen LogP contribution in [0.3, 0.4) is 0 Å². The molecule has 0 aromatic rings. The number of carbonyl (C=O) groups excluding carboxylic acids is 2. The second kappa shape index (κ2) is 6.55. The lowest BCUT2D eigenvalue weighted by Gasteiger charge is -2.27. The summed E-state index contributed by atoms with van der Waals surface area (Å²) in [5, 5.41) is 9.02. The summed E-state index contributed by atoms with van der Waals surface area (Å²) in [6.07, 6.45) is -2.29. The molecular weight excluding hydrogens is 301 g/mol. The first-order valence-corrected chi connectivity index (χ1v) is 7.25. The number of hydrogen-bond donors (Lipinski definition) is 0. The minimum absolute atomic E-state index is 0.265. The van der Waals surface area contributed by atoms with E-state index in [0.717, 1.165) is 12.8 Å². The van der Waals surface area contributed by atoms with Crippen LogP contribution < -0.4 is 0 Å². The molecule has 2 fully saturated rings. The molecule has 2 rings (SSSR count). The van der Waals surface area contributed by atoms with Crippen molar-refractivity contribution in [3.63, 3.8) is 0 Å². The van der Waals surface area contributed by atoms with E-state index in [0.29, 0.717) is 17.7 Å². The Morgan fingerprint density at radius 3 is 2.68 bits per heavy atom. The molecule has 22 heavy (non-hydrogen) atoms. The topological polar surface area (TPSA) is 70.4 Å². The average Bonchev–Trinajstić information content (AvgIpc) is 2.79. The lowest BCUT2D eigenvalue weighted by atomic mass is 9.87. The number of alkyl halides is 3. The zero-order valence-electron chi connectivity index (χ0n) is 11.9. The number of esters is 1. The Morgan fingerprint density at radius 2 is 2.05 bits per heavy atom. The Kier molecular flexibility index (Phi) is 4.94. The van der Waals surface area contributed by atoms with Crippen LogP contribution in [0.4, 0.5) is 13.2 Å². The second-order valence-electron chi connectivity index (χ2n) is 5.79. The number of rotatable bonds is 3. The number of nitriles is 1. The maximum Gasteiger partial charge on any atom is 0.406 e. The number of ether oxygens (including phenoxy) is 1. The molecule has 0 N–H and O–H groups in total. The Bertz CT molecular complexity index is 487. The third-order valence-corrected chi connectivity index (χ3v) is 4.05. The van der Waals surface area contributed by atoms with Gasteiger partial charge in [0.25, 0.3) is 0 Å². The van der Waals surface area contributed by atoms with E-state index in [1.807, 2.05) is 0 Å². The highest BCUT2D eigenvalue weighted by Gasteiger charge is 2.42. The Balaban J connectivity index is 1.91. The van der Waals surface area contributed by atoms with E-state index in [1.165, 1.54) is 0 Å². The lowest BCUT2D eigenvalue weighted by molar-refractivity contribution is -0.160. The first-order valence-electron chi connectivity index (χ1n) is 7.25. The molecule has 2 aliphatic rings. The van der Waals surface area contributed by atoms with Gasteiger partial charge >= 0.3 is 12.1 Å². The zero-order chi connectivity index (χ0) is 16.3. The van der Waals surface area contributed by atoms with Gasteiger partial charge in [-0.2, -0.15) is 18.4 Å². The minimum atomic E-state index is -4.48. The van der Waals surface area contributed by atoms with Crippen LogP contribution in [0.1, 0.15) is 32.1 Å². The summed E-state index contributed by atoms with van der Waals surface area (Å²) < 4.78 is 42.3. The largest absolute Gasteiger partial charge is 0.461 e. The van der Waals surface area contributed by atoms with Gasteiger partial charge in [-0.3, -0.25) is 9.59 Å². The van der Waals surface area contributed by atoms with E-state index in [9.17, 15) is 22.8 Å². The van der Waals surface area contributed by atoms with Crippen molar-refractivity contribution in [3.05, 3.63) is 0 Å². The van der Waals surface area contributed by atoms with Crippen LogP contribution >= 0.6 is 0 Å². The quantitative estimate of drug-likeness (QED) is 0.747. The minimum Gasteiger partial charge on any atom is -0.461 e. The van der Waals surface area contributed by atoms with E-state index < -0.39 is 36.6 Å². The second-order valence-corrected chi connectivity index (χ2v) is 5.79. The molecule has 0 radical (unpaired) electrons. The summed E-state index contributed by atoms with van der Waals surface area (Å²) >= 11 is 0. The van der Waals surface area contributed by atoms with Crippen molar-refractivity contribution < 1.29 is 27.5 Å². The van der Waals surface area contributed by atoms with E-state index in [4.69, 9.17) is 10.00 Å². The predicted octanol–water partition coefficient (Wildman–Crippen LogP) is 2.02. The smallest absolute Gasteiger partial charge is 0.406 e. The van der Waals surface area contributed by atoms with Gasteiger partial charge in [0.05, 0.1) is 17.9 Å². The van der Waals surface area contributed by atoms with Crippen molar-refractivity contribution in [1.82, 2.24) is 4.90 Å². The molecule has 5 nitrogen and oxygen atoms in total. The molecule has 0 spiro atoms. The van der Waals surface area contributed by atoms with Crippen LogP contribution in [0.25, 0.3) is 0 Å². The van der Waals surface area contributed by atoms with Gasteiger partial charge in [-0.1, -0.05) is 6.42 Å². The first kappa shape index (κ1) is 16.6. The van der Waals surface area contributed by atoms with Gasteiger partial charge in [-0.25, -0.2) is 0 Å². The molecular formula is C14H17F3N2O3. The van der Waals surface area contributed by atoms with E-state index in [-0.39, 0.29) is 18.9 Å². The zero-order valence-corrected chi connectivity index (χ0v) is 11.9. The summed E-state index contributed by atoms with van der Waals surface area (Å²) in [6.45, 7) is -1.62. The molecule has 1 saturated heterocycles. The van der Waals surface area contributed by atoms with Gasteiger partial charge in [0, 0.05) is 13.0 Å². The Morgan fingerprint density at radius 1 is 1.36 bits per heavy atom. The fraction of sp³-hybridized carbons (Fsp3) is 0.786. The maximum absolute atomic E-state index is 12.3. The third-order valence-electron chi connectivity index (χ3n) is 4.05. The predicted molar refractivity (Wildman–Crippen MR) is 68.2 cm³/mol. The normalized spacial score (nSPS) is 29.3. The van der Waals surface area contributed by atoms with Crippen LogP contribution in [0, 0.1) is 23.2 Å². The molecule has 1 heterocycles. The van der Waals surface area contributed by atoms with Gasteiger partial charge in [-0.05, 0) is 19.3 Å². The van der Waals surface area contributed by atoms with E-state index >= 15 is 0 Å². The fourth-order valence-corrected chi connectivity index (χ4v) is 2.93. The van der Waals surface area contributed by atoms with Gasteiger partial charge in [0.2, 0.25) is 5.91 Å². The van der Waals surface area contributed by atoms with E-state index in [2.05, 4.69) is 6.07 Å². The molecule has 3 unspecified atom stereocenters. The van der Waals surface area contributed by atoms with Crippen molar-refractivity contribution in [2.24, 2.45) is 11.8 Å². The number of carbonyl (C=O) groups is 2. The molecule has 1 amide bonds. The van der Waals surface area contributed by atoms with Crippen molar-refractivity contribution in [2.75, 3.05) is 13.1 Å². The Labute approximate surface area is 126 Å². The van der Waals surface area contributed by atoms with Crippen molar-refractivity contribution in [3.8, 4) is 6.07 Å². The first-order chi connectivity index (χ1) is 10.3. The molecule has 8 heteroatoms. The molecule has 0 bridgehead atoms. The summed E-state index contributed by atoms with van der Waals surface area (Å²) in [6, 6.07) is 2.10. The molecule has 1 aliphatic heterocycles. The maximum atomic E-state index is 12.3. The lowest BCUT2D eigenvalue weighted by Crippen LogP contribution is -2.36. The molecule has 3 atom stereocenters. The number of amides is 1.